The zero-order valence-corrected chi connectivity index (χ0v) is 15.8. The molecular formula is C20H24ClN3O2. The van der Waals surface area contributed by atoms with E-state index in [-0.39, 0.29) is 11.4 Å². The minimum absolute atomic E-state index is 0.0205. The van der Waals surface area contributed by atoms with Gasteiger partial charge in [-0.25, -0.2) is 4.52 Å². The molecule has 0 aromatic carbocycles. The lowest BCUT2D eigenvalue weighted by Crippen LogP contribution is -2.49. The van der Waals surface area contributed by atoms with E-state index in [0.29, 0.717) is 16.5 Å². The van der Waals surface area contributed by atoms with E-state index in [1.807, 2.05) is 0 Å². The molecule has 2 heterocycles. The third kappa shape index (κ3) is 2.59. The molecule has 3 fully saturated rings. The first-order valence-corrected chi connectivity index (χ1v) is 9.98. The Morgan fingerprint density at radius 2 is 2.15 bits per heavy atom. The van der Waals surface area contributed by atoms with Crippen molar-refractivity contribution in [2.45, 2.75) is 50.5 Å². The minimum Gasteiger partial charge on any atom is -0.494 e. The van der Waals surface area contributed by atoms with Gasteiger partial charge in [-0.15, -0.1) is 0 Å². The molecule has 0 saturated heterocycles. The Kier molecular flexibility index (Phi) is 3.71. The Morgan fingerprint density at radius 1 is 1.31 bits per heavy atom. The van der Waals surface area contributed by atoms with Gasteiger partial charge in [-0.3, -0.25) is 4.79 Å². The first kappa shape index (κ1) is 16.4. The van der Waals surface area contributed by atoms with Gasteiger partial charge < -0.3 is 10.1 Å². The number of methoxy groups -OCH3 is 1. The number of fused-ring (bicyclic) bond motifs is 3. The number of amides is 1. The number of ether oxygens (including phenoxy) is 1. The molecule has 3 aliphatic carbocycles. The van der Waals surface area contributed by atoms with Gasteiger partial charge in [0.05, 0.1) is 12.1 Å². The summed E-state index contributed by atoms with van der Waals surface area (Å²) in [6.07, 6.45) is 10.5. The molecule has 6 heteroatoms. The van der Waals surface area contributed by atoms with Gasteiger partial charge in [0.15, 0.2) is 5.69 Å². The van der Waals surface area contributed by atoms with Crippen molar-refractivity contribution in [2.75, 3.05) is 7.11 Å². The van der Waals surface area contributed by atoms with Crippen LogP contribution in [0.3, 0.4) is 0 Å². The van der Waals surface area contributed by atoms with E-state index in [2.05, 4.69) is 10.4 Å². The molecule has 0 radical (unpaired) electrons. The van der Waals surface area contributed by atoms with Crippen molar-refractivity contribution in [3.63, 3.8) is 0 Å². The Morgan fingerprint density at radius 3 is 3.00 bits per heavy atom. The maximum absolute atomic E-state index is 13.0. The molecule has 4 atom stereocenters. The van der Waals surface area contributed by atoms with Crippen LogP contribution in [0.1, 0.15) is 55.4 Å². The van der Waals surface area contributed by atoms with Crippen LogP contribution in [-0.4, -0.2) is 28.2 Å². The smallest absolute Gasteiger partial charge is 0.272 e. The van der Waals surface area contributed by atoms with Gasteiger partial charge in [0, 0.05) is 23.9 Å². The Bertz CT molecular complexity index is 875. The monoisotopic (exact) mass is 373 g/mol. The third-order valence-electron chi connectivity index (χ3n) is 6.81. The van der Waals surface area contributed by atoms with Gasteiger partial charge in [-0.2, -0.15) is 5.10 Å². The number of hydrogen-bond acceptors (Lipinski definition) is 3. The van der Waals surface area contributed by atoms with Crippen LogP contribution in [-0.2, 0) is 0 Å². The predicted octanol–water partition coefficient (Wildman–Crippen LogP) is 4.09. The van der Waals surface area contributed by atoms with E-state index in [1.54, 1.807) is 30.0 Å². The third-order valence-corrected chi connectivity index (χ3v) is 7.02. The molecule has 26 heavy (non-hydrogen) atoms. The molecule has 1 amide bonds. The fraction of sp³-hybridized carbons (Fsp3) is 0.600. The van der Waals surface area contributed by atoms with Crippen LogP contribution >= 0.6 is 11.6 Å². The highest BCUT2D eigenvalue weighted by molar-refractivity contribution is 6.30. The number of carbonyl (C=O) groups is 1. The topological polar surface area (TPSA) is 55.6 Å². The fourth-order valence-electron chi connectivity index (χ4n) is 5.92. The molecule has 1 N–H and O–H groups in total. The molecule has 138 valence electrons. The molecule has 3 aliphatic rings. The molecule has 5 rings (SSSR count). The van der Waals surface area contributed by atoms with E-state index >= 15 is 0 Å². The highest BCUT2D eigenvalue weighted by Crippen LogP contribution is 2.55. The quantitative estimate of drug-likeness (QED) is 0.881. The van der Waals surface area contributed by atoms with Crippen molar-refractivity contribution in [1.82, 2.24) is 14.9 Å². The standard InChI is InChI=1S/C20H24ClN3O2/c1-26-18-6-15(21)11-24-17(18)7-16(23-24)19(25)22-20-8-12-3-2-4-13(9-20)14(5-12)10-20/h6-7,11-14H,2-5,8-10H2,1H3,(H,22,25). The Labute approximate surface area is 158 Å². The molecule has 2 aromatic heterocycles. The highest BCUT2D eigenvalue weighted by atomic mass is 35.5. The fourth-order valence-corrected chi connectivity index (χ4v) is 6.11. The summed E-state index contributed by atoms with van der Waals surface area (Å²) < 4.78 is 7.00. The van der Waals surface area contributed by atoms with Crippen LogP contribution in [0, 0.1) is 17.8 Å². The maximum atomic E-state index is 13.0. The molecule has 4 unspecified atom stereocenters. The lowest BCUT2D eigenvalue weighted by molar-refractivity contribution is 0.0846. The number of pyridine rings is 1. The second kappa shape index (κ2) is 5.88. The van der Waals surface area contributed by atoms with E-state index in [0.717, 1.165) is 42.5 Å². The van der Waals surface area contributed by atoms with Crippen molar-refractivity contribution >= 4 is 23.0 Å². The van der Waals surface area contributed by atoms with E-state index in [1.165, 1.54) is 25.7 Å². The molecule has 0 aliphatic heterocycles. The number of carbonyl (C=O) groups excluding carboxylic acids is 1. The van der Waals surface area contributed by atoms with E-state index in [4.69, 9.17) is 16.3 Å². The van der Waals surface area contributed by atoms with E-state index < -0.39 is 0 Å². The second-order valence-electron chi connectivity index (χ2n) is 8.49. The Balaban J connectivity index is 1.43. The number of aromatic nitrogens is 2. The number of nitrogens with one attached hydrogen (secondary N) is 1. The molecule has 3 bridgehead atoms. The lowest BCUT2D eigenvalue weighted by Gasteiger charge is -2.38. The largest absolute Gasteiger partial charge is 0.494 e. The molecule has 0 spiro atoms. The summed E-state index contributed by atoms with van der Waals surface area (Å²) in [5.74, 6) is 2.92. The van der Waals surface area contributed by atoms with Crippen LogP contribution in [0.25, 0.3) is 5.52 Å². The Hall–Kier alpha value is -1.75. The number of hydrogen-bond donors (Lipinski definition) is 1. The summed E-state index contributed by atoms with van der Waals surface area (Å²) in [4.78, 5) is 13.0. The second-order valence-corrected chi connectivity index (χ2v) is 8.92. The summed E-state index contributed by atoms with van der Waals surface area (Å²) in [5.41, 5.74) is 1.16. The SMILES string of the molecule is COc1cc(Cl)cn2nc(C(=O)NC34CC5CCCC(C3)C(C5)C4)cc12. The highest BCUT2D eigenvalue weighted by Gasteiger charge is 2.52. The summed E-state index contributed by atoms with van der Waals surface area (Å²) in [5, 5.41) is 8.36. The van der Waals surface area contributed by atoms with E-state index in [9.17, 15) is 4.79 Å². The maximum Gasteiger partial charge on any atom is 0.272 e. The van der Waals surface area contributed by atoms with Crippen molar-refractivity contribution in [3.05, 3.63) is 29.0 Å². The van der Waals surface area contributed by atoms with Gasteiger partial charge >= 0.3 is 0 Å². The summed E-state index contributed by atoms with van der Waals surface area (Å²) >= 11 is 6.11. The van der Waals surface area contributed by atoms with Crippen LogP contribution < -0.4 is 10.1 Å². The van der Waals surface area contributed by atoms with Crippen molar-refractivity contribution in [1.29, 1.82) is 0 Å². The summed E-state index contributed by atoms with van der Waals surface area (Å²) in [6.45, 7) is 0. The lowest BCUT2D eigenvalue weighted by atomic mass is 9.75. The van der Waals surface area contributed by atoms with Crippen LogP contribution in [0.2, 0.25) is 5.02 Å². The minimum atomic E-state index is -0.0764. The number of nitrogens with zero attached hydrogens (tertiary/aromatic N) is 2. The van der Waals surface area contributed by atoms with Crippen molar-refractivity contribution in [2.24, 2.45) is 17.8 Å². The van der Waals surface area contributed by atoms with Crippen molar-refractivity contribution < 1.29 is 9.53 Å². The summed E-state index contributed by atoms with van der Waals surface area (Å²) in [6, 6.07) is 3.53. The molecule has 2 aromatic rings. The summed E-state index contributed by atoms with van der Waals surface area (Å²) in [7, 11) is 1.59. The van der Waals surface area contributed by atoms with Gasteiger partial charge in [0.25, 0.3) is 5.91 Å². The van der Waals surface area contributed by atoms with Crippen LogP contribution in [0.5, 0.6) is 5.75 Å². The van der Waals surface area contributed by atoms with Crippen LogP contribution in [0.15, 0.2) is 18.3 Å². The molecule has 5 nitrogen and oxygen atoms in total. The first-order valence-electron chi connectivity index (χ1n) is 9.61. The average Bonchev–Trinajstić information content (AvgIpc) is 3.08. The molecule has 3 saturated carbocycles. The van der Waals surface area contributed by atoms with Gasteiger partial charge in [-0.05, 0) is 43.4 Å². The number of rotatable bonds is 3. The predicted molar refractivity (Wildman–Crippen MR) is 99.7 cm³/mol. The molecular weight excluding hydrogens is 350 g/mol. The van der Waals surface area contributed by atoms with Gasteiger partial charge in [-0.1, -0.05) is 30.9 Å². The zero-order chi connectivity index (χ0) is 17.9. The van der Waals surface area contributed by atoms with Gasteiger partial charge in [0.2, 0.25) is 0 Å². The van der Waals surface area contributed by atoms with Crippen molar-refractivity contribution in [3.8, 4) is 5.75 Å². The zero-order valence-electron chi connectivity index (χ0n) is 15.0. The first-order chi connectivity index (χ1) is 12.5. The number of halogens is 1. The van der Waals surface area contributed by atoms with Crippen LogP contribution in [0.4, 0.5) is 0 Å². The average molecular weight is 374 g/mol. The van der Waals surface area contributed by atoms with Gasteiger partial charge in [0.1, 0.15) is 11.3 Å². The normalized spacial score (nSPS) is 32.6.